The number of hydrogen-bond acceptors (Lipinski definition) is 4. The Morgan fingerprint density at radius 3 is 3.18 bits per heavy atom. The number of aromatic nitrogens is 3. The van der Waals surface area contributed by atoms with Gasteiger partial charge in [-0.15, -0.1) is 0 Å². The van der Waals surface area contributed by atoms with Crippen molar-refractivity contribution in [1.29, 1.82) is 0 Å². The van der Waals surface area contributed by atoms with Crippen LogP contribution in [0.5, 0.6) is 5.75 Å². The van der Waals surface area contributed by atoms with Gasteiger partial charge in [-0.05, 0) is 24.5 Å². The first-order valence-corrected chi connectivity index (χ1v) is 7.54. The van der Waals surface area contributed by atoms with Crippen LogP contribution in [0.2, 0.25) is 0 Å². The van der Waals surface area contributed by atoms with Gasteiger partial charge >= 0.3 is 0 Å². The molecule has 0 saturated heterocycles. The van der Waals surface area contributed by atoms with Crippen molar-refractivity contribution in [2.24, 2.45) is 5.92 Å². The second-order valence-corrected chi connectivity index (χ2v) is 5.45. The number of carbonyl (C=O) groups excluding carboxylic acids is 1. The first-order valence-electron chi connectivity index (χ1n) is 7.54. The molecule has 1 atom stereocenters. The van der Waals surface area contributed by atoms with Crippen molar-refractivity contribution in [1.82, 2.24) is 20.1 Å². The average Bonchev–Trinajstić information content (AvgIpc) is 3.02. The van der Waals surface area contributed by atoms with Crippen LogP contribution in [0.3, 0.4) is 0 Å². The smallest absolute Gasteiger partial charge is 0.225 e. The Bertz CT molecular complexity index is 653. The van der Waals surface area contributed by atoms with Crippen LogP contribution >= 0.6 is 0 Å². The molecule has 1 aliphatic rings. The Balaban J connectivity index is 1.51. The predicted octanol–water partition coefficient (Wildman–Crippen LogP) is 1.21. The van der Waals surface area contributed by atoms with Crippen molar-refractivity contribution in [3.63, 3.8) is 0 Å². The summed E-state index contributed by atoms with van der Waals surface area (Å²) in [5.74, 6) is 1.91. The van der Waals surface area contributed by atoms with Crippen LogP contribution < -0.4 is 10.1 Å². The Kier molecular flexibility index (Phi) is 4.37. The fourth-order valence-electron chi connectivity index (χ4n) is 2.83. The van der Waals surface area contributed by atoms with Crippen LogP contribution in [0.1, 0.15) is 17.8 Å². The van der Waals surface area contributed by atoms with Gasteiger partial charge < -0.3 is 10.1 Å². The molecule has 1 unspecified atom stereocenters. The van der Waals surface area contributed by atoms with Crippen LogP contribution in [-0.2, 0) is 24.2 Å². The van der Waals surface area contributed by atoms with Crippen molar-refractivity contribution in [3.8, 4) is 5.75 Å². The summed E-state index contributed by atoms with van der Waals surface area (Å²) in [4.78, 5) is 16.4. The van der Waals surface area contributed by atoms with Crippen molar-refractivity contribution in [2.45, 2.75) is 25.8 Å². The molecule has 0 spiro atoms. The predicted molar refractivity (Wildman–Crippen MR) is 81.5 cm³/mol. The number of ether oxygens (including phenoxy) is 1. The third-order valence-corrected chi connectivity index (χ3v) is 4.06. The normalized spacial score (nSPS) is 16.9. The Morgan fingerprint density at radius 2 is 2.32 bits per heavy atom. The summed E-state index contributed by atoms with van der Waals surface area (Å²) < 4.78 is 7.15. The molecule has 0 aliphatic carbocycles. The summed E-state index contributed by atoms with van der Waals surface area (Å²) in [6.07, 6.45) is 3.96. The standard InChI is InChI=1S/C16H20N4O2/c1-22-14-5-3-2-4-12(14)8-9-17-16(21)13-6-7-15-18-11-19-20(15)10-13/h2-5,11,13H,6-10H2,1H3,(H,17,21). The first-order chi connectivity index (χ1) is 10.8. The second kappa shape index (κ2) is 6.60. The van der Waals surface area contributed by atoms with Gasteiger partial charge in [-0.3, -0.25) is 4.79 Å². The number of hydrogen-bond donors (Lipinski definition) is 1. The molecule has 2 heterocycles. The van der Waals surface area contributed by atoms with Crippen molar-refractivity contribution in [3.05, 3.63) is 42.0 Å². The van der Waals surface area contributed by atoms with Crippen LogP contribution in [0.15, 0.2) is 30.6 Å². The van der Waals surface area contributed by atoms with E-state index < -0.39 is 0 Å². The Labute approximate surface area is 129 Å². The molecule has 6 heteroatoms. The van der Waals surface area contributed by atoms with E-state index in [9.17, 15) is 4.79 Å². The largest absolute Gasteiger partial charge is 0.496 e. The lowest BCUT2D eigenvalue weighted by molar-refractivity contribution is -0.126. The average molecular weight is 300 g/mol. The zero-order valence-corrected chi connectivity index (χ0v) is 12.7. The highest BCUT2D eigenvalue weighted by molar-refractivity contribution is 5.78. The molecule has 1 aromatic heterocycles. The fourth-order valence-corrected chi connectivity index (χ4v) is 2.83. The molecule has 6 nitrogen and oxygen atoms in total. The van der Waals surface area contributed by atoms with E-state index in [2.05, 4.69) is 15.4 Å². The highest BCUT2D eigenvalue weighted by Crippen LogP contribution is 2.19. The number of aryl methyl sites for hydroxylation is 1. The van der Waals surface area contributed by atoms with Crippen LogP contribution in [0, 0.1) is 5.92 Å². The van der Waals surface area contributed by atoms with E-state index in [1.54, 1.807) is 13.4 Å². The Morgan fingerprint density at radius 1 is 1.45 bits per heavy atom. The third kappa shape index (κ3) is 3.10. The van der Waals surface area contributed by atoms with Crippen LogP contribution in [0.4, 0.5) is 0 Å². The van der Waals surface area contributed by atoms with Crippen LogP contribution in [0.25, 0.3) is 0 Å². The van der Waals surface area contributed by atoms with Gasteiger partial charge in [0.2, 0.25) is 5.91 Å². The number of fused-ring (bicyclic) bond motifs is 1. The number of methoxy groups -OCH3 is 1. The molecule has 3 rings (SSSR count). The van der Waals surface area contributed by atoms with E-state index in [1.807, 2.05) is 28.9 Å². The number of rotatable bonds is 5. The van der Waals surface area contributed by atoms with Crippen molar-refractivity contribution < 1.29 is 9.53 Å². The van der Waals surface area contributed by atoms with E-state index in [1.165, 1.54) is 0 Å². The maximum atomic E-state index is 12.3. The number of para-hydroxylation sites is 1. The van der Waals surface area contributed by atoms with Gasteiger partial charge in [0, 0.05) is 13.0 Å². The third-order valence-electron chi connectivity index (χ3n) is 4.06. The van der Waals surface area contributed by atoms with E-state index in [0.717, 1.165) is 36.4 Å². The number of carbonyl (C=O) groups is 1. The van der Waals surface area contributed by atoms with E-state index in [-0.39, 0.29) is 11.8 Å². The topological polar surface area (TPSA) is 69.0 Å². The minimum absolute atomic E-state index is 0.0214. The quantitative estimate of drug-likeness (QED) is 0.901. The molecule has 2 aromatic rings. The van der Waals surface area contributed by atoms with Crippen molar-refractivity contribution >= 4 is 5.91 Å². The minimum Gasteiger partial charge on any atom is -0.496 e. The fraction of sp³-hybridized carbons (Fsp3) is 0.438. The van der Waals surface area contributed by atoms with Crippen LogP contribution in [-0.4, -0.2) is 34.3 Å². The summed E-state index contributed by atoms with van der Waals surface area (Å²) >= 11 is 0. The van der Waals surface area contributed by atoms with E-state index in [4.69, 9.17) is 4.74 Å². The van der Waals surface area contributed by atoms with Crippen molar-refractivity contribution in [2.75, 3.05) is 13.7 Å². The lowest BCUT2D eigenvalue weighted by atomic mass is 9.99. The zero-order chi connectivity index (χ0) is 15.4. The minimum atomic E-state index is -0.0214. The van der Waals surface area contributed by atoms with Gasteiger partial charge in [0.15, 0.2) is 0 Å². The molecule has 116 valence electrons. The summed E-state index contributed by atoms with van der Waals surface area (Å²) in [6, 6.07) is 7.88. The molecule has 1 amide bonds. The maximum absolute atomic E-state index is 12.3. The van der Waals surface area contributed by atoms with E-state index >= 15 is 0 Å². The molecular formula is C16H20N4O2. The molecule has 1 aliphatic heterocycles. The Hall–Kier alpha value is -2.37. The summed E-state index contributed by atoms with van der Waals surface area (Å²) in [7, 11) is 1.66. The summed E-state index contributed by atoms with van der Waals surface area (Å²) in [6.45, 7) is 1.23. The summed E-state index contributed by atoms with van der Waals surface area (Å²) in [5.41, 5.74) is 1.10. The molecule has 0 saturated carbocycles. The maximum Gasteiger partial charge on any atom is 0.225 e. The molecule has 0 bridgehead atoms. The van der Waals surface area contributed by atoms with Gasteiger partial charge in [-0.1, -0.05) is 18.2 Å². The number of benzene rings is 1. The lowest BCUT2D eigenvalue weighted by Gasteiger charge is -2.21. The van der Waals surface area contributed by atoms with Gasteiger partial charge in [0.05, 0.1) is 19.6 Å². The second-order valence-electron chi connectivity index (χ2n) is 5.45. The van der Waals surface area contributed by atoms with Gasteiger partial charge in [0.1, 0.15) is 17.9 Å². The number of nitrogens with zero attached hydrogens (tertiary/aromatic N) is 3. The molecule has 22 heavy (non-hydrogen) atoms. The van der Waals surface area contributed by atoms with Gasteiger partial charge in [-0.2, -0.15) is 5.10 Å². The zero-order valence-electron chi connectivity index (χ0n) is 12.7. The monoisotopic (exact) mass is 300 g/mol. The van der Waals surface area contributed by atoms with Gasteiger partial charge in [0.25, 0.3) is 0 Å². The SMILES string of the molecule is COc1ccccc1CCNC(=O)C1CCc2ncnn2C1. The highest BCUT2D eigenvalue weighted by atomic mass is 16.5. The van der Waals surface area contributed by atoms with E-state index in [0.29, 0.717) is 13.1 Å². The number of amides is 1. The molecule has 1 aromatic carbocycles. The highest BCUT2D eigenvalue weighted by Gasteiger charge is 2.25. The lowest BCUT2D eigenvalue weighted by Crippen LogP contribution is -2.37. The molecule has 1 N–H and O–H groups in total. The molecule has 0 fully saturated rings. The first kappa shape index (κ1) is 14.6. The molecular weight excluding hydrogens is 280 g/mol. The number of nitrogens with one attached hydrogen (secondary N) is 1. The molecule has 0 radical (unpaired) electrons. The summed E-state index contributed by atoms with van der Waals surface area (Å²) in [5, 5.41) is 7.17. The van der Waals surface area contributed by atoms with Gasteiger partial charge in [-0.25, -0.2) is 9.67 Å².